The number of para-hydroxylation sites is 1. The molecule has 104 valence electrons. The number of aliphatic carboxylic acids is 2. The molecule has 2 rings (SSSR count). The molecule has 7 heteroatoms. The highest BCUT2D eigenvalue weighted by atomic mass is 16.4. The molecule has 0 unspecified atom stereocenters. The second-order valence-electron chi connectivity index (χ2n) is 4.11. The first-order chi connectivity index (χ1) is 9.47. The van der Waals surface area contributed by atoms with Crippen LogP contribution in [0.3, 0.4) is 0 Å². The van der Waals surface area contributed by atoms with Crippen LogP contribution in [0.1, 0.15) is 17.0 Å². The Balaban J connectivity index is 2.17. The normalized spacial score (nSPS) is 12.0. The third-order valence-corrected chi connectivity index (χ3v) is 2.63. The van der Waals surface area contributed by atoms with Gasteiger partial charge in [0.25, 0.3) is 5.91 Å². The Morgan fingerprint density at radius 1 is 1.20 bits per heavy atom. The van der Waals surface area contributed by atoms with Crippen LogP contribution in [0.15, 0.2) is 34.7 Å². The summed E-state index contributed by atoms with van der Waals surface area (Å²) in [7, 11) is 0. The summed E-state index contributed by atoms with van der Waals surface area (Å²) in [6.45, 7) is 0. The fourth-order valence-electron chi connectivity index (χ4n) is 1.70. The monoisotopic (exact) mass is 277 g/mol. The first-order valence-corrected chi connectivity index (χ1v) is 5.71. The minimum Gasteiger partial charge on any atom is -0.481 e. The number of rotatable bonds is 5. The lowest BCUT2D eigenvalue weighted by molar-refractivity contribution is -0.145. The van der Waals surface area contributed by atoms with Crippen LogP contribution >= 0.6 is 0 Å². The molecule has 1 atom stereocenters. The largest absolute Gasteiger partial charge is 0.481 e. The summed E-state index contributed by atoms with van der Waals surface area (Å²) in [5.74, 6) is -3.57. The van der Waals surface area contributed by atoms with Crippen LogP contribution in [-0.2, 0) is 9.59 Å². The number of carbonyl (C=O) groups excluding carboxylic acids is 1. The maximum absolute atomic E-state index is 11.8. The molecule has 1 aromatic carbocycles. The van der Waals surface area contributed by atoms with Crippen molar-refractivity contribution in [3.63, 3.8) is 0 Å². The van der Waals surface area contributed by atoms with Gasteiger partial charge in [0.1, 0.15) is 11.6 Å². The SMILES string of the molecule is O=C(O)C[C@@H](NC(=O)c1cc2ccccc2o1)C(=O)O. The maximum Gasteiger partial charge on any atom is 0.326 e. The molecule has 0 fully saturated rings. The highest BCUT2D eigenvalue weighted by Crippen LogP contribution is 2.18. The number of benzene rings is 1. The number of furan rings is 1. The lowest BCUT2D eigenvalue weighted by Crippen LogP contribution is -2.42. The van der Waals surface area contributed by atoms with Crippen molar-refractivity contribution >= 4 is 28.8 Å². The lowest BCUT2D eigenvalue weighted by Gasteiger charge is -2.10. The molecule has 3 N–H and O–H groups in total. The first-order valence-electron chi connectivity index (χ1n) is 5.71. The highest BCUT2D eigenvalue weighted by Gasteiger charge is 2.24. The second-order valence-corrected chi connectivity index (χ2v) is 4.11. The van der Waals surface area contributed by atoms with Crippen molar-refractivity contribution in [2.75, 3.05) is 0 Å². The van der Waals surface area contributed by atoms with Gasteiger partial charge in [-0.3, -0.25) is 9.59 Å². The van der Waals surface area contributed by atoms with Gasteiger partial charge in [-0.25, -0.2) is 4.79 Å². The molecule has 1 heterocycles. The molecule has 0 aliphatic carbocycles. The van der Waals surface area contributed by atoms with Gasteiger partial charge in [-0.05, 0) is 12.1 Å². The Bertz CT molecular complexity index is 641. The van der Waals surface area contributed by atoms with Crippen LogP contribution in [-0.4, -0.2) is 34.1 Å². The second kappa shape index (κ2) is 5.43. The predicted molar refractivity (Wildman–Crippen MR) is 67.4 cm³/mol. The summed E-state index contributed by atoms with van der Waals surface area (Å²) in [4.78, 5) is 33.2. The summed E-state index contributed by atoms with van der Waals surface area (Å²) in [6, 6.07) is 6.86. The van der Waals surface area contributed by atoms with Gasteiger partial charge in [0.05, 0.1) is 6.42 Å². The zero-order chi connectivity index (χ0) is 14.7. The fraction of sp³-hybridized carbons (Fsp3) is 0.154. The molecule has 0 aliphatic rings. The molecule has 2 aromatic rings. The number of nitrogens with one attached hydrogen (secondary N) is 1. The molecule has 0 saturated heterocycles. The molecule has 0 aliphatic heterocycles. The van der Waals surface area contributed by atoms with Crippen LogP contribution in [0.4, 0.5) is 0 Å². The van der Waals surface area contributed by atoms with Gasteiger partial charge in [-0.15, -0.1) is 0 Å². The Morgan fingerprint density at radius 2 is 1.90 bits per heavy atom. The number of fused-ring (bicyclic) bond motifs is 1. The van der Waals surface area contributed by atoms with E-state index in [0.29, 0.717) is 11.0 Å². The van der Waals surface area contributed by atoms with Gasteiger partial charge in [0.15, 0.2) is 5.76 Å². The van der Waals surface area contributed by atoms with Crippen molar-refractivity contribution in [2.45, 2.75) is 12.5 Å². The topological polar surface area (TPSA) is 117 Å². The minimum absolute atomic E-state index is 0.0668. The van der Waals surface area contributed by atoms with E-state index in [1.54, 1.807) is 24.3 Å². The maximum atomic E-state index is 11.8. The molecule has 0 spiro atoms. The van der Waals surface area contributed by atoms with E-state index in [-0.39, 0.29) is 5.76 Å². The number of hydrogen-bond donors (Lipinski definition) is 3. The number of carboxylic acids is 2. The first kappa shape index (κ1) is 13.6. The summed E-state index contributed by atoms with van der Waals surface area (Å²) < 4.78 is 5.26. The van der Waals surface area contributed by atoms with Crippen molar-refractivity contribution in [3.05, 3.63) is 36.1 Å². The number of amides is 1. The summed E-state index contributed by atoms with van der Waals surface area (Å²) in [5, 5.41) is 20.3. The third kappa shape index (κ3) is 2.94. The highest BCUT2D eigenvalue weighted by molar-refractivity contribution is 5.98. The number of carboxylic acid groups (broad SMARTS) is 2. The number of carbonyl (C=O) groups is 3. The van der Waals surface area contributed by atoms with Crippen LogP contribution in [0.25, 0.3) is 11.0 Å². The Morgan fingerprint density at radius 3 is 2.50 bits per heavy atom. The van der Waals surface area contributed by atoms with Crippen LogP contribution < -0.4 is 5.32 Å². The predicted octanol–water partition coefficient (Wildman–Crippen LogP) is 1.09. The lowest BCUT2D eigenvalue weighted by atomic mass is 10.2. The standard InChI is InChI=1S/C13H11NO6/c15-11(16)6-8(13(18)19)14-12(17)10-5-7-3-1-2-4-9(7)20-10/h1-5,8H,6H2,(H,14,17)(H,15,16)(H,18,19)/t8-/m1/s1. The van der Waals surface area contributed by atoms with Gasteiger partial charge < -0.3 is 19.9 Å². The minimum atomic E-state index is -1.51. The fourth-order valence-corrected chi connectivity index (χ4v) is 1.70. The van der Waals surface area contributed by atoms with Gasteiger partial charge in [-0.1, -0.05) is 18.2 Å². The van der Waals surface area contributed by atoms with Gasteiger partial charge in [-0.2, -0.15) is 0 Å². The zero-order valence-electron chi connectivity index (χ0n) is 10.2. The van der Waals surface area contributed by atoms with Crippen molar-refractivity contribution in [3.8, 4) is 0 Å². The quantitative estimate of drug-likeness (QED) is 0.753. The van der Waals surface area contributed by atoms with Crippen molar-refractivity contribution in [2.24, 2.45) is 0 Å². The van der Waals surface area contributed by atoms with E-state index in [1.807, 2.05) is 0 Å². The Hall–Kier alpha value is -2.83. The Kier molecular flexibility index (Phi) is 3.69. The summed E-state index contributed by atoms with van der Waals surface area (Å²) in [5.41, 5.74) is 0.489. The van der Waals surface area contributed by atoms with Crippen LogP contribution in [0, 0.1) is 0 Å². The average molecular weight is 277 g/mol. The number of hydrogen-bond acceptors (Lipinski definition) is 4. The van der Waals surface area contributed by atoms with Crippen molar-refractivity contribution < 1.29 is 29.0 Å². The molecule has 0 saturated carbocycles. The molecule has 7 nitrogen and oxygen atoms in total. The summed E-state index contributed by atoms with van der Waals surface area (Å²) in [6.07, 6.45) is -0.707. The van der Waals surface area contributed by atoms with E-state index in [4.69, 9.17) is 14.6 Å². The van der Waals surface area contributed by atoms with E-state index in [2.05, 4.69) is 5.32 Å². The summed E-state index contributed by atoms with van der Waals surface area (Å²) >= 11 is 0. The van der Waals surface area contributed by atoms with E-state index < -0.39 is 30.3 Å². The Labute approximate surface area is 112 Å². The third-order valence-electron chi connectivity index (χ3n) is 2.63. The molecule has 0 bridgehead atoms. The molecule has 1 aromatic heterocycles. The molecule has 1 amide bonds. The van der Waals surface area contributed by atoms with Gasteiger partial charge >= 0.3 is 11.9 Å². The average Bonchev–Trinajstić information content (AvgIpc) is 2.81. The smallest absolute Gasteiger partial charge is 0.326 e. The van der Waals surface area contributed by atoms with Crippen molar-refractivity contribution in [1.29, 1.82) is 0 Å². The van der Waals surface area contributed by atoms with Crippen molar-refractivity contribution in [1.82, 2.24) is 5.32 Å². The molecular formula is C13H11NO6. The van der Waals surface area contributed by atoms with Crippen LogP contribution in [0.2, 0.25) is 0 Å². The van der Waals surface area contributed by atoms with Gasteiger partial charge in [0, 0.05) is 5.39 Å². The van der Waals surface area contributed by atoms with Crippen LogP contribution in [0.5, 0.6) is 0 Å². The van der Waals surface area contributed by atoms with Gasteiger partial charge in [0.2, 0.25) is 0 Å². The van der Waals surface area contributed by atoms with E-state index in [1.165, 1.54) is 6.07 Å². The molecular weight excluding hydrogens is 266 g/mol. The molecule has 20 heavy (non-hydrogen) atoms. The van der Waals surface area contributed by atoms with E-state index in [0.717, 1.165) is 0 Å². The molecule has 0 radical (unpaired) electrons. The van der Waals surface area contributed by atoms with E-state index >= 15 is 0 Å². The van der Waals surface area contributed by atoms with E-state index in [9.17, 15) is 14.4 Å². The zero-order valence-corrected chi connectivity index (χ0v) is 10.2.